The Bertz CT molecular complexity index is 1230. The lowest BCUT2D eigenvalue weighted by molar-refractivity contribution is -0.0258. The number of aryl methyl sites for hydroxylation is 1. The van der Waals surface area contributed by atoms with Crippen molar-refractivity contribution in [2.24, 2.45) is 0 Å². The Labute approximate surface area is 167 Å². The third kappa shape index (κ3) is 4.37. The van der Waals surface area contributed by atoms with Crippen LogP contribution in [0.1, 0.15) is 21.5 Å². The van der Waals surface area contributed by atoms with Crippen LogP contribution in [0.15, 0.2) is 62.6 Å². The van der Waals surface area contributed by atoms with Gasteiger partial charge >= 0.3 is 11.6 Å². The Hall–Kier alpha value is -3.01. The zero-order valence-corrected chi connectivity index (χ0v) is 16.9. The van der Waals surface area contributed by atoms with E-state index in [9.17, 15) is 18.0 Å². The molecule has 0 amide bonds. The summed E-state index contributed by atoms with van der Waals surface area (Å²) in [5.41, 5.74) is 1.32. The van der Waals surface area contributed by atoms with E-state index in [4.69, 9.17) is 14.0 Å². The third-order valence-corrected chi connectivity index (χ3v) is 5.98. The minimum absolute atomic E-state index is 0.0543. The lowest BCUT2D eigenvalue weighted by Gasteiger charge is -2.14. The minimum atomic E-state index is -3.90. The number of carbonyl (C=O) groups excluding carboxylic acids is 1. The van der Waals surface area contributed by atoms with E-state index in [0.29, 0.717) is 21.0 Å². The number of carbonyl (C=O) groups is 1. The van der Waals surface area contributed by atoms with Gasteiger partial charge in [0.25, 0.3) is 10.0 Å². The van der Waals surface area contributed by atoms with Crippen LogP contribution in [-0.4, -0.2) is 33.0 Å². The average molecular weight is 417 g/mol. The summed E-state index contributed by atoms with van der Waals surface area (Å²) < 4.78 is 35.8. The maximum atomic E-state index is 12.4. The van der Waals surface area contributed by atoms with Crippen LogP contribution >= 0.6 is 0 Å². The van der Waals surface area contributed by atoms with Gasteiger partial charge in [0.1, 0.15) is 12.2 Å². The molecule has 0 fully saturated rings. The van der Waals surface area contributed by atoms with Gasteiger partial charge in [-0.25, -0.2) is 18.0 Å². The quantitative estimate of drug-likeness (QED) is 0.345. The van der Waals surface area contributed by atoms with E-state index in [1.165, 1.54) is 44.5 Å². The first kappa shape index (κ1) is 20.7. The Balaban J connectivity index is 1.85. The smallest absolute Gasteiger partial charge is 0.338 e. The van der Waals surface area contributed by atoms with E-state index in [2.05, 4.69) is 0 Å². The van der Waals surface area contributed by atoms with Crippen molar-refractivity contribution in [1.82, 2.24) is 4.47 Å². The molecule has 0 atom stereocenters. The van der Waals surface area contributed by atoms with Crippen LogP contribution in [0, 0.1) is 6.92 Å². The van der Waals surface area contributed by atoms with Gasteiger partial charge in [0.15, 0.2) is 0 Å². The van der Waals surface area contributed by atoms with Crippen LogP contribution < -0.4 is 5.63 Å². The van der Waals surface area contributed by atoms with Crippen LogP contribution in [0.3, 0.4) is 0 Å². The fourth-order valence-corrected chi connectivity index (χ4v) is 3.73. The topological polar surface area (TPSA) is 103 Å². The molecule has 0 unspecified atom stereocenters. The molecule has 0 spiro atoms. The normalized spacial score (nSPS) is 11.7. The summed E-state index contributed by atoms with van der Waals surface area (Å²) >= 11 is 0. The van der Waals surface area contributed by atoms with Crippen molar-refractivity contribution >= 4 is 27.0 Å². The number of benzene rings is 2. The van der Waals surface area contributed by atoms with E-state index in [-0.39, 0.29) is 17.1 Å². The number of esters is 1. The SMILES string of the molecule is CON(C)S(=O)(=O)c1cccc(C(=O)OCc2cc(=O)oc3cc(C)ccc23)c1. The lowest BCUT2D eigenvalue weighted by Crippen LogP contribution is -2.25. The summed E-state index contributed by atoms with van der Waals surface area (Å²) in [6, 6.07) is 12.0. The summed E-state index contributed by atoms with van der Waals surface area (Å²) in [6.07, 6.45) is 0. The van der Waals surface area contributed by atoms with Gasteiger partial charge in [0.2, 0.25) is 0 Å². The second-order valence-electron chi connectivity index (χ2n) is 6.29. The monoisotopic (exact) mass is 417 g/mol. The number of nitrogens with zero attached hydrogens (tertiary/aromatic N) is 1. The molecular weight excluding hydrogens is 398 g/mol. The van der Waals surface area contributed by atoms with Crippen LogP contribution in [0.25, 0.3) is 11.0 Å². The molecule has 0 bridgehead atoms. The fourth-order valence-electron chi connectivity index (χ4n) is 2.71. The molecule has 3 rings (SSSR count). The molecule has 1 aromatic heterocycles. The van der Waals surface area contributed by atoms with Gasteiger partial charge in [-0.05, 0) is 36.8 Å². The van der Waals surface area contributed by atoms with Crippen molar-refractivity contribution in [3.8, 4) is 0 Å². The molecule has 3 aromatic rings. The molecule has 9 heteroatoms. The minimum Gasteiger partial charge on any atom is -0.457 e. The summed E-state index contributed by atoms with van der Waals surface area (Å²) in [5.74, 6) is -0.726. The summed E-state index contributed by atoms with van der Waals surface area (Å²) in [7, 11) is -1.44. The van der Waals surface area contributed by atoms with Crippen LogP contribution in [0.2, 0.25) is 0 Å². The van der Waals surface area contributed by atoms with Crippen molar-refractivity contribution in [2.45, 2.75) is 18.4 Å². The van der Waals surface area contributed by atoms with Crippen LogP contribution in [-0.2, 0) is 26.2 Å². The van der Waals surface area contributed by atoms with Crippen molar-refractivity contribution in [1.29, 1.82) is 0 Å². The molecule has 0 aliphatic rings. The lowest BCUT2D eigenvalue weighted by atomic mass is 10.1. The molecule has 0 aliphatic carbocycles. The van der Waals surface area contributed by atoms with Crippen molar-refractivity contribution in [3.05, 3.63) is 75.6 Å². The molecule has 1 heterocycles. The molecule has 0 saturated heterocycles. The molecule has 0 N–H and O–H groups in total. The first-order chi connectivity index (χ1) is 13.7. The summed E-state index contributed by atoms with van der Waals surface area (Å²) in [5, 5.41) is 0.654. The second-order valence-corrected chi connectivity index (χ2v) is 8.23. The largest absolute Gasteiger partial charge is 0.457 e. The van der Waals surface area contributed by atoms with E-state index < -0.39 is 21.6 Å². The molecule has 0 radical (unpaired) electrons. The average Bonchev–Trinajstić information content (AvgIpc) is 2.70. The van der Waals surface area contributed by atoms with Crippen molar-refractivity contribution in [3.63, 3.8) is 0 Å². The number of rotatable bonds is 6. The Morgan fingerprint density at radius 2 is 1.90 bits per heavy atom. The molecule has 29 heavy (non-hydrogen) atoms. The molecule has 8 nitrogen and oxygen atoms in total. The molecule has 2 aromatic carbocycles. The van der Waals surface area contributed by atoms with Gasteiger partial charge in [-0.2, -0.15) is 0 Å². The van der Waals surface area contributed by atoms with Gasteiger partial charge in [-0.15, -0.1) is 0 Å². The van der Waals surface area contributed by atoms with Gasteiger partial charge in [0, 0.05) is 24.1 Å². The molecule has 0 saturated carbocycles. The van der Waals surface area contributed by atoms with E-state index >= 15 is 0 Å². The maximum absolute atomic E-state index is 12.4. The second kappa shape index (κ2) is 8.16. The highest BCUT2D eigenvalue weighted by Gasteiger charge is 2.22. The van der Waals surface area contributed by atoms with E-state index in [0.717, 1.165) is 5.56 Å². The van der Waals surface area contributed by atoms with Gasteiger partial charge < -0.3 is 9.15 Å². The van der Waals surface area contributed by atoms with Gasteiger partial charge in [-0.3, -0.25) is 4.84 Å². The highest BCUT2D eigenvalue weighted by Crippen LogP contribution is 2.20. The number of fused-ring (bicyclic) bond motifs is 1. The Morgan fingerprint density at radius 3 is 2.62 bits per heavy atom. The van der Waals surface area contributed by atoms with Crippen LogP contribution in [0.4, 0.5) is 0 Å². The van der Waals surface area contributed by atoms with E-state index in [1.807, 2.05) is 13.0 Å². The van der Waals surface area contributed by atoms with Gasteiger partial charge in [-0.1, -0.05) is 22.7 Å². The van der Waals surface area contributed by atoms with Gasteiger partial charge in [0.05, 0.1) is 17.6 Å². The van der Waals surface area contributed by atoms with Crippen molar-refractivity contribution < 1.29 is 27.2 Å². The maximum Gasteiger partial charge on any atom is 0.338 e. The molecule has 152 valence electrons. The number of hydrogen-bond acceptors (Lipinski definition) is 7. The summed E-state index contributed by atoms with van der Waals surface area (Å²) in [4.78, 5) is 28.8. The summed E-state index contributed by atoms with van der Waals surface area (Å²) in [6.45, 7) is 1.70. The standard InChI is InChI=1S/C20H19NO7S/c1-13-7-8-17-15(11-19(22)28-18(17)9-13)12-27-20(23)14-5-4-6-16(10-14)29(24,25)21(2)26-3/h4-11H,12H2,1-3H3. The fraction of sp³-hybridized carbons (Fsp3) is 0.200. The highest BCUT2D eigenvalue weighted by atomic mass is 32.2. The molecular formula is C20H19NO7S. The number of hydrogen-bond donors (Lipinski definition) is 0. The first-order valence-electron chi connectivity index (χ1n) is 8.56. The number of sulfonamides is 1. The Kier molecular flexibility index (Phi) is 5.83. The first-order valence-corrected chi connectivity index (χ1v) is 10.00. The predicted molar refractivity (Wildman–Crippen MR) is 105 cm³/mol. The number of ether oxygens (including phenoxy) is 1. The highest BCUT2D eigenvalue weighted by molar-refractivity contribution is 7.89. The predicted octanol–water partition coefficient (Wildman–Crippen LogP) is 2.64. The van der Waals surface area contributed by atoms with E-state index in [1.54, 1.807) is 12.1 Å². The zero-order chi connectivity index (χ0) is 21.2. The van der Waals surface area contributed by atoms with Crippen molar-refractivity contribution in [2.75, 3.05) is 14.2 Å². The number of hydroxylamine groups is 1. The molecule has 0 aliphatic heterocycles. The Morgan fingerprint density at radius 1 is 1.14 bits per heavy atom. The third-order valence-electron chi connectivity index (χ3n) is 4.31. The zero-order valence-electron chi connectivity index (χ0n) is 16.0. The van der Waals surface area contributed by atoms with Crippen LogP contribution in [0.5, 0.6) is 0 Å².